The van der Waals surface area contributed by atoms with Crippen LogP contribution in [0.15, 0.2) is 0 Å². The molecule has 0 aromatic carbocycles. The molecule has 3 nitrogen and oxygen atoms in total. The highest BCUT2D eigenvalue weighted by molar-refractivity contribution is 4.97. The third kappa shape index (κ3) is 2.05. The Balaban J connectivity index is 2.04. The highest BCUT2D eigenvalue weighted by Crippen LogP contribution is 2.40. The molecule has 1 saturated heterocycles. The van der Waals surface area contributed by atoms with Crippen molar-refractivity contribution in [3.05, 3.63) is 0 Å². The van der Waals surface area contributed by atoms with Crippen molar-refractivity contribution in [1.29, 1.82) is 0 Å². The Kier molecular flexibility index (Phi) is 3.06. The van der Waals surface area contributed by atoms with Crippen LogP contribution in [0.1, 0.15) is 33.6 Å². The Morgan fingerprint density at radius 2 is 2.13 bits per heavy atom. The van der Waals surface area contributed by atoms with Crippen LogP contribution in [0, 0.1) is 5.41 Å². The number of aliphatic hydroxyl groups is 1. The van der Waals surface area contributed by atoms with E-state index in [2.05, 4.69) is 25.7 Å². The fourth-order valence-electron chi connectivity index (χ4n) is 2.93. The molecule has 0 radical (unpaired) electrons. The molecule has 0 aromatic rings. The highest BCUT2D eigenvalue weighted by atomic mass is 16.5. The Morgan fingerprint density at radius 3 is 2.67 bits per heavy atom. The Morgan fingerprint density at radius 1 is 1.40 bits per heavy atom. The second-order valence-electron chi connectivity index (χ2n) is 5.70. The Labute approximate surface area is 92.4 Å². The van der Waals surface area contributed by atoms with Gasteiger partial charge in [0.05, 0.1) is 19.3 Å². The molecule has 2 aliphatic rings. The van der Waals surface area contributed by atoms with E-state index in [4.69, 9.17) is 4.74 Å². The summed E-state index contributed by atoms with van der Waals surface area (Å²) in [6, 6.07) is 0.797. The smallest absolute Gasteiger partial charge is 0.0746 e. The molecule has 0 spiro atoms. The fourth-order valence-corrected chi connectivity index (χ4v) is 2.93. The third-order valence-corrected chi connectivity index (χ3v) is 4.09. The third-order valence-electron chi connectivity index (χ3n) is 4.09. The first-order valence-corrected chi connectivity index (χ1v) is 6.04. The van der Waals surface area contributed by atoms with Gasteiger partial charge in [-0.1, -0.05) is 13.8 Å². The Hall–Kier alpha value is -0.120. The van der Waals surface area contributed by atoms with E-state index in [1.165, 1.54) is 0 Å². The number of hydrogen-bond donors (Lipinski definition) is 1. The molecule has 3 heteroatoms. The summed E-state index contributed by atoms with van der Waals surface area (Å²) >= 11 is 0. The molecule has 1 heterocycles. The second kappa shape index (κ2) is 4.04. The van der Waals surface area contributed by atoms with Crippen LogP contribution in [-0.2, 0) is 4.74 Å². The van der Waals surface area contributed by atoms with Gasteiger partial charge in [-0.2, -0.15) is 0 Å². The number of aliphatic hydroxyl groups excluding tert-OH is 1. The first kappa shape index (κ1) is 11.4. The monoisotopic (exact) mass is 213 g/mol. The summed E-state index contributed by atoms with van der Waals surface area (Å²) in [7, 11) is 0. The largest absolute Gasteiger partial charge is 0.391 e. The lowest BCUT2D eigenvalue weighted by Crippen LogP contribution is -2.53. The van der Waals surface area contributed by atoms with Crippen molar-refractivity contribution in [3.63, 3.8) is 0 Å². The van der Waals surface area contributed by atoms with Crippen molar-refractivity contribution in [2.75, 3.05) is 19.8 Å². The van der Waals surface area contributed by atoms with Gasteiger partial charge in [-0.15, -0.1) is 0 Å². The zero-order chi connectivity index (χ0) is 11.1. The predicted molar refractivity (Wildman–Crippen MR) is 59.8 cm³/mol. The van der Waals surface area contributed by atoms with Crippen LogP contribution < -0.4 is 0 Å². The quantitative estimate of drug-likeness (QED) is 0.711. The van der Waals surface area contributed by atoms with E-state index in [0.29, 0.717) is 12.1 Å². The molecular formula is C12H23NO2. The number of nitrogens with zero attached hydrogens (tertiary/aromatic N) is 1. The molecular weight excluding hydrogens is 190 g/mol. The van der Waals surface area contributed by atoms with E-state index >= 15 is 0 Å². The van der Waals surface area contributed by atoms with Gasteiger partial charge in [-0.3, -0.25) is 4.90 Å². The molecule has 3 unspecified atom stereocenters. The number of rotatable bonds is 1. The molecule has 1 saturated carbocycles. The summed E-state index contributed by atoms with van der Waals surface area (Å²) in [6.45, 7) is 9.12. The van der Waals surface area contributed by atoms with E-state index in [1.807, 2.05) is 0 Å². The SMILES string of the molecule is CC1COCCN1C1CCC(C)(C)C1O. The van der Waals surface area contributed by atoms with Crippen LogP contribution in [0.2, 0.25) is 0 Å². The van der Waals surface area contributed by atoms with Gasteiger partial charge in [0.1, 0.15) is 0 Å². The summed E-state index contributed by atoms with van der Waals surface area (Å²) in [5.74, 6) is 0. The van der Waals surface area contributed by atoms with Gasteiger partial charge in [0, 0.05) is 18.6 Å². The van der Waals surface area contributed by atoms with Gasteiger partial charge in [0.15, 0.2) is 0 Å². The second-order valence-corrected chi connectivity index (χ2v) is 5.70. The van der Waals surface area contributed by atoms with E-state index in [-0.39, 0.29) is 11.5 Å². The van der Waals surface area contributed by atoms with Gasteiger partial charge in [-0.05, 0) is 25.2 Å². The molecule has 0 bridgehead atoms. The molecule has 2 rings (SSSR count). The van der Waals surface area contributed by atoms with Crippen LogP contribution in [0.25, 0.3) is 0 Å². The minimum atomic E-state index is -0.182. The average Bonchev–Trinajstić information content (AvgIpc) is 2.44. The summed E-state index contributed by atoms with van der Waals surface area (Å²) in [6.07, 6.45) is 2.07. The van der Waals surface area contributed by atoms with Crippen molar-refractivity contribution in [1.82, 2.24) is 4.90 Å². The van der Waals surface area contributed by atoms with Gasteiger partial charge in [0.25, 0.3) is 0 Å². The van der Waals surface area contributed by atoms with E-state index in [0.717, 1.165) is 32.6 Å². The van der Waals surface area contributed by atoms with Crippen LogP contribution in [0.5, 0.6) is 0 Å². The van der Waals surface area contributed by atoms with E-state index < -0.39 is 0 Å². The van der Waals surface area contributed by atoms with Crippen LogP contribution in [-0.4, -0.2) is 48.0 Å². The molecule has 0 aromatic heterocycles. The van der Waals surface area contributed by atoms with Gasteiger partial charge >= 0.3 is 0 Å². The highest BCUT2D eigenvalue weighted by Gasteiger charge is 2.44. The summed E-state index contributed by atoms with van der Waals surface area (Å²) < 4.78 is 5.44. The topological polar surface area (TPSA) is 32.7 Å². The van der Waals surface area contributed by atoms with Crippen molar-refractivity contribution in [2.24, 2.45) is 5.41 Å². The lowest BCUT2D eigenvalue weighted by atomic mass is 9.88. The van der Waals surface area contributed by atoms with E-state index in [9.17, 15) is 5.11 Å². The molecule has 15 heavy (non-hydrogen) atoms. The maximum absolute atomic E-state index is 10.3. The molecule has 88 valence electrons. The lowest BCUT2D eigenvalue weighted by molar-refractivity contribution is -0.0591. The molecule has 1 N–H and O–H groups in total. The predicted octanol–water partition coefficient (Wildman–Crippen LogP) is 1.26. The van der Waals surface area contributed by atoms with Crippen LogP contribution in [0.3, 0.4) is 0 Å². The molecule has 1 aliphatic heterocycles. The summed E-state index contributed by atoms with van der Waals surface area (Å²) in [5, 5.41) is 10.3. The van der Waals surface area contributed by atoms with Crippen molar-refractivity contribution >= 4 is 0 Å². The number of ether oxygens (including phenoxy) is 1. The normalized spacial score (nSPS) is 42.0. The first-order chi connectivity index (χ1) is 7.02. The fraction of sp³-hybridized carbons (Fsp3) is 1.00. The minimum Gasteiger partial charge on any atom is -0.391 e. The van der Waals surface area contributed by atoms with Gasteiger partial charge in [0.2, 0.25) is 0 Å². The van der Waals surface area contributed by atoms with Gasteiger partial charge in [-0.25, -0.2) is 0 Å². The number of hydrogen-bond acceptors (Lipinski definition) is 3. The minimum absolute atomic E-state index is 0.0860. The van der Waals surface area contributed by atoms with Crippen LogP contribution in [0.4, 0.5) is 0 Å². The van der Waals surface area contributed by atoms with E-state index in [1.54, 1.807) is 0 Å². The zero-order valence-electron chi connectivity index (χ0n) is 10.1. The lowest BCUT2D eigenvalue weighted by Gasteiger charge is -2.40. The average molecular weight is 213 g/mol. The van der Waals surface area contributed by atoms with Crippen LogP contribution >= 0.6 is 0 Å². The Bertz CT molecular complexity index is 230. The zero-order valence-corrected chi connectivity index (χ0v) is 10.1. The summed E-state index contributed by atoms with van der Waals surface area (Å²) in [5.41, 5.74) is 0.0860. The molecule has 0 amide bonds. The van der Waals surface area contributed by atoms with Crippen molar-refractivity contribution < 1.29 is 9.84 Å². The molecule has 2 fully saturated rings. The van der Waals surface area contributed by atoms with Crippen molar-refractivity contribution in [3.8, 4) is 0 Å². The number of morpholine rings is 1. The standard InChI is InChI=1S/C12H23NO2/c1-9-8-15-7-6-13(9)10-4-5-12(2,3)11(10)14/h9-11,14H,4-8H2,1-3H3. The molecule has 1 aliphatic carbocycles. The molecule has 3 atom stereocenters. The van der Waals surface area contributed by atoms with Gasteiger partial charge < -0.3 is 9.84 Å². The first-order valence-electron chi connectivity index (χ1n) is 6.04. The maximum atomic E-state index is 10.3. The summed E-state index contributed by atoms with van der Waals surface area (Å²) in [4.78, 5) is 2.43. The van der Waals surface area contributed by atoms with Crippen molar-refractivity contribution in [2.45, 2.75) is 51.8 Å². The maximum Gasteiger partial charge on any atom is 0.0746 e.